The van der Waals surface area contributed by atoms with E-state index in [0.717, 1.165) is 17.0 Å². The quantitative estimate of drug-likeness (QED) is 0.799. The minimum atomic E-state index is -0.214. The molecule has 0 aliphatic rings. The summed E-state index contributed by atoms with van der Waals surface area (Å²) in [5, 5.41) is 0. The molecule has 0 fully saturated rings. The van der Waals surface area contributed by atoms with Gasteiger partial charge in [0.25, 0.3) is 0 Å². The van der Waals surface area contributed by atoms with E-state index in [1.807, 2.05) is 23.7 Å². The van der Waals surface area contributed by atoms with Gasteiger partial charge in [-0.25, -0.2) is 9.97 Å². The number of aromatic nitrogens is 3. The predicted molar refractivity (Wildman–Crippen MR) is 57.3 cm³/mol. The van der Waals surface area contributed by atoms with Crippen LogP contribution in [0.25, 0.3) is 11.2 Å². The normalized spacial score (nSPS) is 13.3. The maximum Gasteiger partial charge on any atom is 0.159 e. The molecule has 0 radical (unpaired) electrons. The number of ether oxygens (including phenoxy) is 1. The fraction of sp³-hybridized carbons (Fsp3) is 0.400. The van der Waals surface area contributed by atoms with Crippen molar-refractivity contribution < 1.29 is 4.74 Å². The van der Waals surface area contributed by atoms with Crippen LogP contribution >= 0.6 is 0 Å². The van der Waals surface area contributed by atoms with Crippen molar-refractivity contribution in [1.82, 2.24) is 14.5 Å². The molecule has 2 rings (SSSR count). The molecule has 0 aromatic carbocycles. The second-order valence-electron chi connectivity index (χ2n) is 3.44. The van der Waals surface area contributed by atoms with E-state index in [1.165, 1.54) is 0 Å². The summed E-state index contributed by atoms with van der Waals surface area (Å²) in [6.07, 6.45) is 1.75. The van der Waals surface area contributed by atoms with Gasteiger partial charge in [0.15, 0.2) is 5.65 Å². The molecule has 0 spiro atoms. The Bertz CT molecular complexity index is 465. The molecule has 2 heterocycles. The number of aryl methyl sites for hydroxylation is 1. The lowest BCUT2D eigenvalue weighted by Crippen LogP contribution is -2.20. The molecule has 15 heavy (non-hydrogen) atoms. The Labute approximate surface area is 87.9 Å². The van der Waals surface area contributed by atoms with E-state index in [0.29, 0.717) is 6.61 Å². The summed E-state index contributed by atoms with van der Waals surface area (Å²) in [6, 6.07) is 3.57. The van der Waals surface area contributed by atoms with E-state index >= 15 is 0 Å². The zero-order valence-corrected chi connectivity index (χ0v) is 8.84. The zero-order chi connectivity index (χ0) is 10.8. The SMILES string of the molecule is COCC(N)c1nc2cccnc2n1C. The smallest absolute Gasteiger partial charge is 0.159 e. The maximum absolute atomic E-state index is 5.93. The molecule has 2 N–H and O–H groups in total. The second kappa shape index (κ2) is 3.96. The van der Waals surface area contributed by atoms with Crippen LogP contribution in [-0.2, 0) is 11.8 Å². The Morgan fingerprint density at radius 3 is 3.07 bits per heavy atom. The third kappa shape index (κ3) is 1.71. The summed E-state index contributed by atoms with van der Waals surface area (Å²) in [5.41, 5.74) is 7.64. The first kappa shape index (κ1) is 10.1. The molecule has 0 aliphatic heterocycles. The molecule has 2 aromatic rings. The number of hydrogen-bond donors (Lipinski definition) is 1. The lowest BCUT2D eigenvalue weighted by atomic mass is 10.3. The highest BCUT2D eigenvalue weighted by Crippen LogP contribution is 2.16. The van der Waals surface area contributed by atoms with Gasteiger partial charge in [-0.3, -0.25) is 0 Å². The number of fused-ring (bicyclic) bond motifs is 1. The highest BCUT2D eigenvalue weighted by Gasteiger charge is 2.14. The monoisotopic (exact) mass is 206 g/mol. The van der Waals surface area contributed by atoms with Gasteiger partial charge < -0.3 is 15.0 Å². The topological polar surface area (TPSA) is 66.0 Å². The van der Waals surface area contributed by atoms with E-state index in [1.54, 1.807) is 13.3 Å². The van der Waals surface area contributed by atoms with Crippen LogP contribution in [0.3, 0.4) is 0 Å². The summed E-state index contributed by atoms with van der Waals surface area (Å²) in [6.45, 7) is 0.456. The fourth-order valence-electron chi connectivity index (χ4n) is 1.63. The largest absolute Gasteiger partial charge is 0.383 e. The number of rotatable bonds is 3. The zero-order valence-electron chi connectivity index (χ0n) is 8.84. The minimum absolute atomic E-state index is 0.214. The van der Waals surface area contributed by atoms with E-state index in [-0.39, 0.29) is 6.04 Å². The number of nitrogens with two attached hydrogens (primary N) is 1. The average molecular weight is 206 g/mol. The molecule has 0 bridgehead atoms. The standard InChI is InChI=1S/C10H14N4O/c1-14-9(7(11)6-15-2)13-8-4-3-5-12-10(8)14/h3-5,7H,6,11H2,1-2H3. The second-order valence-corrected chi connectivity index (χ2v) is 3.44. The number of nitrogens with zero attached hydrogens (tertiary/aromatic N) is 3. The molecule has 2 aromatic heterocycles. The van der Waals surface area contributed by atoms with Gasteiger partial charge in [-0.15, -0.1) is 0 Å². The highest BCUT2D eigenvalue weighted by atomic mass is 16.5. The molecule has 80 valence electrons. The molecule has 0 amide bonds. The first-order valence-corrected chi connectivity index (χ1v) is 4.76. The molecule has 1 unspecified atom stereocenters. The van der Waals surface area contributed by atoms with Crippen LogP contribution in [0.2, 0.25) is 0 Å². The Morgan fingerprint density at radius 1 is 1.60 bits per heavy atom. The summed E-state index contributed by atoms with van der Waals surface area (Å²) in [7, 11) is 3.54. The maximum atomic E-state index is 5.93. The van der Waals surface area contributed by atoms with E-state index in [9.17, 15) is 0 Å². The molecule has 0 saturated heterocycles. The average Bonchev–Trinajstić information content (AvgIpc) is 2.57. The summed E-state index contributed by atoms with van der Waals surface area (Å²) >= 11 is 0. The van der Waals surface area contributed by atoms with E-state index in [2.05, 4.69) is 9.97 Å². The summed E-state index contributed by atoms with van der Waals surface area (Å²) in [5.74, 6) is 0.797. The van der Waals surface area contributed by atoms with Crippen LogP contribution < -0.4 is 5.73 Å². The van der Waals surface area contributed by atoms with Crippen LogP contribution in [0, 0.1) is 0 Å². The van der Waals surface area contributed by atoms with Crippen molar-refractivity contribution in [1.29, 1.82) is 0 Å². The van der Waals surface area contributed by atoms with Crippen LogP contribution in [0.5, 0.6) is 0 Å². The van der Waals surface area contributed by atoms with Gasteiger partial charge in [0.2, 0.25) is 0 Å². The first-order chi connectivity index (χ1) is 7.24. The number of pyridine rings is 1. The molecule has 5 nitrogen and oxygen atoms in total. The predicted octanol–water partition coefficient (Wildman–Crippen LogP) is 0.615. The number of methoxy groups -OCH3 is 1. The van der Waals surface area contributed by atoms with Gasteiger partial charge in [-0.1, -0.05) is 0 Å². The lowest BCUT2D eigenvalue weighted by Gasteiger charge is -2.09. The highest BCUT2D eigenvalue weighted by molar-refractivity contribution is 5.71. The Morgan fingerprint density at radius 2 is 2.40 bits per heavy atom. The summed E-state index contributed by atoms with van der Waals surface area (Å²) < 4.78 is 6.91. The lowest BCUT2D eigenvalue weighted by molar-refractivity contribution is 0.177. The van der Waals surface area contributed by atoms with Gasteiger partial charge in [-0.2, -0.15) is 0 Å². The molecule has 0 saturated carbocycles. The van der Waals surface area contributed by atoms with E-state index < -0.39 is 0 Å². The van der Waals surface area contributed by atoms with Gasteiger partial charge in [0, 0.05) is 20.4 Å². The Hall–Kier alpha value is -1.46. The molecular weight excluding hydrogens is 192 g/mol. The van der Waals surface area contributed by atoms with Gasteiger partial charge >= 0.3 is 0 Å². The third-order valence-electron chi connectivity index (χ3n) is 2.34. The number of imidazole rings is 1. The van der Waals surface area contributed by atoms with Crippen molar-refractivity contribution in [2.24, 2.45) is 12.8 Å². The van der Waals surface area contributed by atoms with Crippen LogP contribution in [-0.4, -0.2) is 28.3 Å². The fourth-order valence-corrected chi connectivity index (χ4v) is 1.63. The van der Waals surface area contributed by atoms with E-state index in [4.69, 9.17) is 10.5 Å². The van der Waals surface area contributed by atoms with Gasteiger partial charge in [0.1, 0.15) is 11.3 Å². The van der Waals surface area contributed by atoms with Gasteiger partial charge in [-0.05, 0) is 12.1 Å². The van der Waals surface area contributed by atoms with Crippen molar-refractivity contribution in [3.63, 3.8) is 0 Å². The van der Waals surface area contributed by atoms with Crippen LogP contribution in [0.15, 0.2) is 18.3 Å². The van der Waals surface area contributed by atoms with Gasteiger partial charge in [0.05, 0.1) is 12.6 Å². The third-order valence-corrected chi connectivity index (χ3v) is 2.34. The molecule has 0 aliphatic carbocycles. The Kier molecular flexibility index (Phi) is 2.66. The van der Waals surface area contributed by atoms with Crippen LogP contribution in [0.1, 0.15) is 11.9 Å². The summed E-state index contributed by atoms with van der Waals surface area (Å²) in [4.78, 5) is 8.67. The van der Waals surface area contributed by atoms with Crippen LogP contribution in [0.4, 0.5) is 0 Å². The Balaban J connectivity index is 2.48. The number of hydrogen-bond acceptors (Lipinski definition) is 4. The van der Waals surface area contributed by atoms with Crippen molar-refractivity contribution >= 4 is 11.2 Å². The first-order valence-electron chi connectivity index (χ1n) is 4.76. The van der Waals surface area contributed by atoms with Crippen molar-refractivity contribution in [2.45, 2.75) is 6.04 Å². The molecule has 5 heteroatoms. The van der Waals surface area contributed by atoms with Crippen molar-refractivity contribution in [3.05, 3.63) is 24.2 Å². The minimum Gasteiger partial charge on any atom is -0.383 e. The molecular formula is C10H14N4O. The van der Waals surface area contributed by atoms with Crippen molar-refractivity contribution in [3.8, 4) is 0 Å². The molecule has 1 atom stereocenters. The van der Waals surface area contributed by atoms with Crippen molar-refractivity contribution in [2.75, 3.05) is 13.7 Å².